The van der Waals surface area contributed by atoms with E-state index in [1.54, 1.807) is 25.1 Å². The van der Waals surface area contributed by atoms with E-state index in [4.69, 9.17) is 9.47 Å². The van der Waals surface area contributed by atoms with Crippen LogP contribution in [0.1, 0.15) is 23.7 Å². The molecule has 0 aliphatic carbocycles. The van der Waals surface area contributed by atoms with Crippen molar-refractivity contribution < 1.29 is 19.4 Å². The number of hydrogen-bond acceptors (Lipinski definition) is 5. The van der Waals surface area contributed by atoms with E-state index in [-0.39, 0.29) is 18.7 Å². The number of benzene rings is 1. The first-order chi connectivity index (χ1) is 9.06. The second kappa shape index (κ2) is 6.04. The van der Waals surface area contributed by atoms with Gasteiger partial charge in [-0.05, 0) is 38.6 Å². The van der Waals surface area contributed by atoms with Gasteiger partial charge in [-0.15, -0.1) is 0 Å². The van der Waals surface area contributed by atoms with Crippen molar-refractivity contribution in [3.05, 3.63) is 23.8 Å². The number of hydrogen-bond donors (Lipinski definition) is 1. The quantitative estimate of drug-likeness (QED) is 0.786. The molecule has 5 nitrogen and oxygen atoms in total. The molecule has 104 valence electrons. The average Bonchev–Trinajstić information content (AvgIpc) is 2.83. The molecule has 0 bridgehead atoms. The molecular formula is C14H19NO4. The zero-order valence-electron chi connectivity index (χ0n) is 11.3. The molecule has 0 spiro atoms. The summed E-state index contributed by atoms with van der Waals surface area (Å²) in [7, 11) is 1.87. The van der Waals surface area contributed by atoms with E-state index >= 15 is 0 Å². The van der Waals surface area contributed by atoms with E-state index in [0.29, 0.717) is 36.6 Å². The summed E-state index contributed by atoms with van der Waals surface area (Å²) in [6.45, 7) is 2.97. The SMILES string of the molecule is CC(O)CCN(C)CC(=O)c1ccc2c(c1)OCO2. The molecule has 0 aromatic heterocycles. The largest absolute Gasteiger partial charge is 0.454 e. The van der Waals surface area contributed by atoms with Crippen LogP contribution in [0.3, 0.4) is 0 Å². The van der Waals surface area contributed by atoms with Gasteiger partial charge in [0.15, 0.2) is 17.3 Å². The molecule has 1 aliphatic rings. The zero-order chi connectivity index (χ0) is 13.8. The highest BCUT2D eigenvalue weighted by Crippen LogP contribution is 2.32. The Morgan fingerprint density at radius 2 is 2.16 bits per heavy atom. The fourth-order valence-corrected chi connectivity index (χ4v) is 1.89. The maximum absolute atomic E-state index is 12.1. The maximum Gasteiger partial charge on any atom is 0.231 e. The number of carbonyl (C=O) groups is 1. The average molecular weight is 265 g/mol. The van der Waals surface area contributed by atoms with Gasteiger partial charge in [-0.1, -0.05) is 0 Å². The molecule has 1 aromatic rings. The van der Waals surface area contributed by atoms with Crippen molar-refractivity contribution in [2.45, 2.75) is 19.4 Å². The van der Waals surface area contributed by atoms with Crippen molar-refractivity contribution in [1.82, 2.24) is 4.90 Å². The number of rotatable bonds is 6. The third-order valence-corrected chi connectivity index (χ3v) is 3.04. The van der Waals surface area contributed by atoms with Crippen LogP contribution in [0, 0.1) is 0 Å². The molecule has 0 amide bonds. The van der Waals surface area contributed by atoms with Crippen molar-refractivity contribution >= 4 is 5.78 Å². The monoisotopic (exact) mass is 265 g/mol. The van der Waals surface area contributed by atoms with Crippen molar-refractivity contribution in [3.63, 3.8) is 0 Å². The van der Waals surface area contributed by atoms with E-state index in [9.17, 15) is 9.90 Å². The van der Waals surface area contributed by atoms with Crippen LogP contribution in [0.15, 0.2) is 18.2 Å². The minimum Gasteiger partial charge on any atom is -0.454 e. The standard InChI is InChI=1S/C14H19NO4/c1-10(16)5-6-15(2)8-12(17)11-3-4-13-14(7-11)19-9-18-13/h3-4,7,10,16H,5-6,8-9H2,1-2H3. The third kappa shape index (κ3) is 3.68. The Labute approximate surface area is 112 Å². The first-order valence-electron chi connectivity index (χ1n) is 6.35. The van der Waals surface area contributed by atoms with E-state index in [1.807, 2.05) is 11.9 Å². The van der Waals surface area contributed by atoms with Crippen molar-refractivity contribution in [1.29, 1.82) is 0 Å². The number of fused-ring (bicyclic) bond motifs is 1. The van der Waals surface area contributed by atoms with Crippen LogP contribution < -0.4 is 9.47 Å². The summed E-state index contributed by atoms with van der Waals surface area (Å²) in [5.41, 5.74) is 0.619. The molecule has 1 heterocycles. The van der Waals surface area contributed by atoms with Gasteiger partial charge in [-0.3, -0.25) is 9.69 Å². The number of ketones is 1. The molecule has 0 radical (unpaired) electrons. The summed E-state index contributed by atoms with van der Waals surface area (Å²) in [6, 6.07) is 5.22. The number of likely N-dealkylation sites (N-methyl/N-ethyl adjacent to an activating group) is 1. The van der Waals surface area contributed by atoms with Gasteiger partial charge in [0.25, 0.3) is 0 Å². The van der Waals surface area contributed by atoms with Gasteiger partial charge in [-0.2, -0.15) is 0 Å². The summed E-state index contributed by atoms with van der Waals surface area (Å²) >= 11 is 0. The van der Waals surface area contributed by atoms with E-state index in [2.05, 4.69) is 0 Å². The minimum absolute atomic E-state index is 0.0337. The predicted octanol–water partition coefficient (Wildman–Crippen LogP) is 1.30. The smallest absolute Gasteiger partial charge is 0.231 e. The summed E-state index contributed by atoms with van der Waals surface area (Å²) in [5.74, 6) is 1.34. The topological polar surface area (TPSA) is 59.0 Å². The molecule has 1 N–H and O–H groups in total. The summed E-state index contributed by atoms with van der Waals surface area (Å²) in [5, 5.41) is 9.22. The number of Topliss-reactive ketones (excluding diaryl/α,β-unsaturated/α-hetero) is 1. The van der Waals surface area contributed by atoms with Crippen molar-refractivity contribution in [2.24, 2.45) is 0 Å². The molecule has 0 saturated heterocycles. The highest BCUT2D eigenvalue weighted by atomic mass is 16.7. The second-order valence-electron chi connectivity index (χ2n) is 4.87. The molecule has 1 atom stereocenters. The lowest BCUT2D eigenvalue weighted by atomic mass is 10.1. The van der Waals surface area contributed by atoms with Crippen LogP contribution in [0.25, 0.3) is 0 Å². The number of nitrogens with zero attached hydrogens (tertiary/aromatic N) is 1. The lowest BCUT2D eigenvalue weighted by molar-refractivity contribution is 0.0931. The predicted molar refractivity (Wildman–Crippen MR) is 70.7 cm³/mol. The number of ether oxygens (including phenoxy) is 2. The molecule has 1 aliphatic heterocycles. The van der Waals surface area contributed by atoms with E-state index in [0.717, 1.165) is 0 Å². The lowest BCUT2D eigenvalue weighted by Crippen LogP contribution is -2.28. The normalized spacial score (nSPS) is 14.7. The van der Waals surface area contributed by atoms with Crippen LogP contribution in [0.2, 0.25) is 0 Å². The van der Waals surface area contributed by atoms with Crippen LogP contribution in [0.4, 0.5) is 0 Å². The highest BCUT2D eigenvalue weighted by molar-refractivity contribution is 5.98. The van der Waals surface area contributed by atoms with Crippen LogP contribution in [0.5, 0.6) is 11.5 Å². The van der Waals surface area contributed by atoms with Crippen LogP contribution in [-0.2, 0) is 0 Å². The fourth-order valence-electron chi connectivity index (χ4n) is 1.89. The summed E-state index contributed by atoms with van der Waals surface area (Å²) in [4.78, 5) is 14.0. The van der Waals surface area contributed by atoms with Gasteiger partial charge in [0, 0.05) is 12.1 Å². The van der Waals surface area contributed by atoms with Crippen LogP contribution in [-0.4, -0.2) is 48.8 Å². The first kappa shape index (κ1) is 13.8. The van der Waals surface area contributed by atoms with Gasteiger partial charge in [0.05, 0.1) is 12.6 Å². The number of aliphatic hydroxyl groups excluding tert-OH is 1. The third-order valence-electron chi connectivity index (χ3n) is 3.04. The lowest BCUT2D eigenvalue weighted by Gasteiger charge is -2.16. The van der Waals surface area contributed by atoms with Gasteiger partial charge in [0.2, 0.25) is 6.79 Å². The van der Waals surface area contributed by atoms with Gasteiger partial charge >= 0.3 is 0 Å². The molecular weight excluding hydrogens is 246 g/mol. The zero-order valence-corrected chi connectivity index (χ0v) is 11.3. The summed E-state index contributed by atoms with van der Waals surface area (Å²) in [6.07, 6.45) is 0.313. The van der Waals surface area contributed by atoms with Gasteiger partial charge in [0.1, 0.15) is 0 Å². The molecule has 2 rings (SSSR count). The molecule has 1 unspecified atom stereocenters. The number of aliphatic hydroxyl groups is 1. The Morgan fingerprint density at radius 1 is 1.42 bits per heavy atom. The molecule has 19 heavy (non-hydrogen) atoms. The molecule has 0 fully saturated rings. The Balaban J connectivity index is 1.92. The fraction of sp³-hybridized carbons (Fsp3) is 0.500. The molecule has 5 heteroatoms. The Hall–Kier alpha value is -1.59. The maximum atomic E-state index is 12.1. The van der Waals surface area contributed by atoms with Crippen molar-refractivity contribution in [3.8, 4) is 11.5 Å². The first-order valence-corrected chi connectivity index (χ1v) is 6.35. The van der Waals surface area contributed by atoms with Gasteiger partial charge < -0.3 is 14.6 Å². The van der Waals surface area contributed by atoms with E-state index < -0.39 is 0 Å². The summed E-state index contributed by atoms with van der Waals surface area (Å²) < 4.78 is 10.5. The van der Waals surface area contributed by atoms with Crippen LogP contribution >= 0.6 is 0 Å². The molecule has 1 aromatic carbocycles. The number of carbonyl (C=O) groups excluding carboxylic acids is 1. The minimum atomic E-state index is -0.344. The van der Waals surface area contributed by atoms with Crippen molar-refractivity contribution in [2.75, 3.05) is 26.9 Å². The second-order valence-corrected chi connectivity index (χ2v) is 4.87. The molecule has 0 saturated carbocycles. The van der Waals surface area contributed by atoms with E-state index in [1.165, 1.54) is 0 Å². The Morgan fingerprint density at radius 3 is 2.89 bits per heavy atom. The Bertz CT molecular complexity index is 459. The van der Waals surface area contributed by atoms with Gasteiger partial charge in [-0.25, -0.2) is 0 Å². The Kier molecular flexibility index (Phi) is 4.39. The highest BCUT2D eigenvalue weighted by Gasteiger charge is 2.17.